The molecule has 3 aromatic rings. The molecule has 5 rings (SSSR count). The van der Waals surface area contributed by atoms with Crippen LogP contribution in [0.15, 0.2) is 71.4 Å². The largest absolute Gasteiger partial charge is 0.335 e. The Morgan fingerprint density at radius 2 is 1.83 bits per heavy atom. The van der Waals surface area contributed by atoms with Crippen LogP contribution in [0.25, 0.3) is 0 Å². The van der Waals surface area contributed by atoms with Crippen molar-refractivity contribution in [3.8, 4) is 0 Å². The molecule has 5 heteroatoms. The summed E-state index contributed by atoms with van der Waals surface area (Å²) >= 11 is 1.71. The van der Waals surface area contributed by atoms with Crippen molar-refractivity contribution in [3.63, 3.8) is 0 Å². The van der Waals surface area contributed by atoms with E-state index in [2.05, 4.69) is 26.6 Å². The molecule has 3 atom stereocenters. The first-order valence-electron chi connectivity index (χ1n) is 10.5. The molecule has 2 saturated heterocycles. The number of thiophene rings is 1. The van der Waals surface area contributed by atoms with Crippen LogP contribution < -0.4 is 0 Å². The number of fused-ring (bicyclic) bond motifs is 1. The minimum Gasteiger partial charge on any atom is -0.335 e. The van der Waals surface area contributed by atoms with Gasteiger partial charge in [-0.1, -0.05) is 36.4 Å². The quantitative estimate of drug-likeness (QED) is 0.592. The van der Waals surface area contributed by atoms with Gasteiger partial charge < -0.3 is 4.90 Å². The number of carbonyl (C=O) groups is 1. The summed E-state index contributed by atoms with van der Waals surface area (Å²) in [6, 6.07) is 19.1. The molecule has 1 aromatic heterocycles. The van der Waals surface area contributed by atoms with Crippen LogP contribution in [0.2, 0.25) is 0 Å². The van der Waals surface area contributed by atoms with Gasteiger partial charge in [-0.3, -0.25) is 9.69 Å². The van der Waals surface area contributed by atoms with E-state index in [4.69, 9.17) is 0 Å². The lowest BCUT2D eigenvalue weighted by Gasteiger charge is -2.39. The fourth-order valence-electron chi connectivity index (χ4n) is 5.13. The van der Waals surface area contributed by atoms with Crippen molar-refractivity contribution in [2.75, 3.05) is 19.6 Å². The molecular formula is C25H25FN2OS. The zero-order valence-electron chi connectivity index (χ0n) is 16.8. The van der Waals surface area contributed by atoms with E-state index in [1.54, 1.807) is 17.4 Å². The number of amides is 1. The van der Waals surface area contributed by atoms with Crippen LogP contribution in [0.3, 0.4) is 0 Å². The van der Waals surface area contributed by atoms with Crippen LogP contribution in [0.1, 0.15) is 33.8 Å². The van der Waals surface area contributed by atoms with Gasteiger partial charge in [0.25, 0.3) is 5.91 Å². The predicted molar refractivity (Wildman–Crippen MR) is 118 cm³/mol. The summed E-state index contributed by atoms with van der Waals surface area (Å²) in [6.07, 6.45) is 0.929. The van der Waals surface area contributed by atoms with Gasteiger partial charge in [-0.2, -0.15) is 11.3 Å². The van der Waals surface area contributed by atoms with Crippen LogP contribution in [-0.2, 0) is 6.54 Å². The van der Waals surface area contributed by atoms with Crippen LogP contribution in [-0.4, -0.2) is 41.4 Å². The maximum atomic E-state index is 14.2. The fourth-order valence-corrected chi connectivity index (χ4v) is 5.86. The van der Waals surface area contributed by atoms with Crippen LogP contribution in [0.4, 0.5) is 4.39 Å². The molecule has 2 fully saturated rings. The number of rotatable bonds is 4. The molecule has 2 aromatic carbocycles. The fraction of sp³-hybridized carbons (Fsp3) is 0.320. The van der Waals surface area contributed by atoms with E-state index >= 15 is 0 Å². The van der Waals surface area contributed by atoms with E-state index in [0.717, 1.165) is 37.2 Å². The predicted octanol–water partition coefficient (Wildman–Crippen LogP) is 5.02. The average Bonchev–Trinajstić information content (AvgIpc) is 3.43. The van der Waals surface area contributed by atoms with E-state index < -0.39 is 0 Å². The monoisotopic (exact) mass is 420 g/mol. The topological polar surface area (TPSA) is 23.6 Å². The van der Waals surface area contributed by atoms with Crippen LogP contribution in [0, 0.1) is 11.7 Å². The van der Waals surface area contributed by atoms with Crippen LogP contribution >= 0.6 is 11.3 Å². The van der Waals surface area contributed by atoms with E-state index in [-0.39, 0.29) is 17.8 Å². The highest BCUT2D eigenvalue weighted by molar-refractivity contribution is 7.08. The first kappa shape index (κ1) is 19.5. The SMILES string of the molecule is O=C(c1ccccc1)N1C[C@@H](c2ccsc2)[C@@H]2CN(Cc3ccccc3F)CC[C@@H]21. The minimum absolute atomic E-state index is 0.130. The number of halogens is 1. The van der Waals surface area contributed by atoms with Gasteiger partial charge in [-0.25, -0.2) is 4.39 Å². The lowest BCUT2D eigenvalue weighted by atomic mass is 9.82. The van der Waals surface area contributed by atoms with Gasteiger partial charge in [0.15, 0.2) is 0 Å². The smallest absolute Gasteiger partial charge is 0.254 e. The Kier molecular flexibility index (Phi) is 5.40. The van der Waals surface area contributed by atoms with Gasteiger partial charge >= 0.3 is 0 Å². The van der Waals surface area contributed by atoms with E-state index in [9.17, 15) is 9.18 Å². The van der Waals surface area contributed by atoms with Gasteiger partial charge in [0.05, 0.1) is 0 Å². The normalized spacial score (nSPS) is 24.0. The molecule has 1 amide bonds. The second-order valence-electron chi connectivity index (χ2n) is 8.33. The standard InChI is InChI=1S/C25H25FN2OS/c26-23-9-5-4-8-19(23)14-27-12-10-24-22(15-27)21(20-11-13-30-17-20)16-28(24)25(29)18-6-2-1-3-7-18/h1-9,11,13,17,21-22,24H,10,12,14-16H2/t21-,22-,24-/m0/s1. The summed E-state index contributed by atoms with van der Waals surface area (Å²) in [7, 11) is 0. The second kappa shape index (κ2) is 8.32. The molecule has 0 saturated carbocycles. The molecule has 30 heavy (non-hydrogen) atoms. The Hall–Kier alpha value is -2.50. The van der Waals surface area contributed by atoms with Gasteiger partial charge in [-0.15, -0.1) is 0 Å². The van der Waals surface area contributed by atoms with E-state index in [0.29, 0.717) is 18.4 Å². The third-order valence-corrected chi connectivity index (χ3v) is 7.32. The van der Waals surface area contributed by atoms with Crippen molar-refractivity contribution in [1.82, 2.24) is 9.80 Å². The molecule has 2 aliphatic heterocycles. The van der Waals surface area contributed by atoms with Crippen molar-refractivity contribution in [3.05, 3.63) is 93.9 Å². The number of carbonyl (C=O) groups excluding carboxylic acids is 1. The lowest BCUT2D eigenvalue weighted by Crippen LogP contribution is -2.47. The number of piperidine rings is 1. The van der Waals surface area contributed by atoms with Gasteiger partial charge in [0.2, 0.25) is 0 Å². The molecule has 2 aliphatic rings. The Labute approximate surface area is 180 Å². The molecule has 154 valence electrons. The van der Waals surface area contributed by atoms with Gasteiger partial charge in [0.1, 0.15) is 5.82 Å². The molecular weight excluding hydrogens is 395 g/mol. The van der Waals surface area contributed by atoms with E-state index in [1.807, 2.05) is 42.5 Å². The van der Waals surface area contributed by atoms with Crippen molar-refractivity contribution < 1.29 is 9.18 Å². The Morgan fingerprint density at radius 1 is 1.03 bits per heavy atom. The highest BCUT2D eigenvalue weighted by atomic mass is 32.1. The van der Waals surface area contributed by atoms with Crippen LogP contribution in [0.5, 0.6) is 0 Å². The average molecular weight is 421 g/mol. The van der Waals surface area contributed by atoms with Crippen molar-refractivity contribution in [1.29, 1.82) is 0 Å². The molecule has 0 bridgehead atoms. The number of hydrogen-bond donors (Lipinski definition) is 0. The highest BCUT2D eigenvalue weighted by Crippen LogP contribution is 2.43. The number of hydrogen-bond acceptors (Lipinski definition) is 3. The maximum absolute atomic E-state index is 14.2. The number of benzene rings is 2. The van der Waals surface area contributed by atoms with Crippen molar-refractivity contribution in [2.45, 2.75) is 24.9 Å². The number of nitrogens with zero attached hydrogens (tertiary/aromatic N) is 2. The summed E-state index contributed by atoms with van der Waals surface area (Å²) < 4.78 is 14.2. The van der Waals surface area contributed by atoms with Gasteiger partial charge in [-0.05, 0) is 47.0 Å². The summed E-state index contributed by atoms with van der Waals surface area (Å²) in [6.45, 7) is 3.15. The highest BCUT2D eigenvalue weighted by Gasteiger charge is 2.47. The molecule has 3 nitrogen and oxygen atoms in total. The molecule has 0 radical (unpaired) electrons. The third kappa shape index (κ3) is 3.68. The summed E-state index contributed by atoms with van der Waals surface area (Å²) in [5, 5.41) is 4.33. The minimum atomic E-state index is -0.138. The lowest BCUT2D eigenvalue weighted by molar-refractivity contribution is 0.0613. The van der Waals surface area contributed by atoms with Crippen molar-refractivity contribution in [2.24, 2.45) is 5.92 Å². The second-order valence-corrected chi connectivity index (χ2v) is 9.11. The zero-order chi connectivity index (χ0) is 20.5. The molecule has 3 heterocycles. The van der Waals surface area contributed by atoms with E-state index in [1.165, 1.54) is 11.6 Å². The molecule has 0 unspecified atom stereocenters. The third-order valence-electron chi connectivity index (χ3n) is 6.62. The molecule has 0 spiro atoms. The van der Waals surface area contributed by atoms with Crippen molar-refractivity contribution >= 4 is 17.2 Å². The Bertz CT molecular complexity index is 1010. The molecule has 0 aliphatic carbocycles. The number of likely N-dealkylation sites (tertiary alicyclic amines) is 2. The first-order valence-corrected chi connectivity index (χ1v) is 11.5. The van der Waals surface area contributed by atoms with Gasteiger partial charge in [0, 0.05) is 55.2 Å². The Balaban J connectivity index is 1.39. The maximum Gasteiger partial charge on any atom is 0.254 e. The Morgan fingerprint density at radius 3 is 2.60 bits per heavy atom. The zero-order valence-corrected chi connectivity index (χ0v) is 17.6. The summed E-state index contributed by atoms with van der Waals surface area (Å²) in [4.78, 5) is 17.8. The summed E-state index contributed by atoms with van der Waals surface area (Å²) in [5.41, 5.74) is 2.83. The summed E-state index contributed by atoms with van der Waals surface area (Å²) in [5.74, 6) is 0.692. The molecule has 0 N–H and O–H groups in total. The first-order chi connectivity index (χ1) is 14.7.